The van der Waals surface area contributed by atoms with E-state index in [0.717, 1.165) is 22.7 Å². The van der Waals surface area contributed by atoms with Gasteiger partial charge < -0.3 is 5.11 Å². The minimum atomic E-state index is -0.560. The van der Waals surface area contributed by atoms with Gasteiger partial charge in [-0.2, -0.15) is 5.11 Å². The van der Waals surface area contributed by atoms with Crippen LogP contribution in [0.2, 0.25) is 15.1 Å². The van der Waals surface area contributed by atoms with E-state index in [2.05, 4.69) is 10.2 Å². The summed E-state index contributed by atoms with van der Waals surface area (Å²) in [6, 6.07) is 12.9. The summed E-state index contributed by atoms with van der Waals surface area (Å²) in [5.41, 5.74) is 1.48. The number of aromatic hydroxyl groups is 1. The van der Waals surface area contributed by atoms with Gasteiger partial charge in [0.05, 0.1) is 22.2 Å². The van der Waals surface area contributed by atoms with E-state index < -0.39 is 17.0 Å². The van der Waals surface area contributed by atoms with Crippen molar-refractivity contribution in [1.29, 1.82) is 0 Å². The molecule has 0 aromatic heterocycles. The number of hydrogen-bond donors (Lipinski definition) is 1. The monoisotopic (exact) mass is 535 g/mol. The summed E-state index contributed by atoms with van der Waals surface area (Å²) in [6.07, 6.45) is 1.39. The Hall–Kier alpha value is -2.91. The largest absolute Gasteiger partial charge is 0.507 e. The molecule has 3 aromatic rings. The second-order valence-corrected chi connectivity index (χ2v) is 9.29. The second-order valence-electron chi connectivity index (χ2n) is 7.04. The van der Waals surface area contributed by atoms with Crippen LogP contribution in [0.15, 0.2) is 69.7 Å². The number of benzene rings is 3. The zero-order chi connectivity index (χ0) is 24.4. The maximum atomic E-state index is 13.3. The number of thioether (sulfide) groups is 1. The van der Waals surface area contributed by atoms with Gasteiger partial charge in [0.15, 0.2) is 0 Å². The van der Waals surface area contributed by atoms with Crippen molar-refractivity contribution < 1.29 is 19.1 Å². The number of imide groups is 1. The van der Waals surface area contributed by atoms with E-state index in [-0.39, 0.29) is 27.8 Å². The molecule has 0 spiro atoms. The molecule has 1 aliphatic heterocycles. The van der Waals surface area contributed by atoms with Gasteiger partial charge >= 0.3 is 0 Å². The Kier molecular flexibility index (Phi) is 7.23. The molecule has 3 aromatic carbocycles. The number of phenols is 1. The first kappa shape index (κ1) is 24.2. The van der Waals surface area contributed by atoms with Crippen LogP contribution in [0, 0.1) is 5.82 Å². The molecule has 11 heteroatoms. The molecule has 1 saturated heterocycles. The lowest BCUT2D eigenvalue weighted by atomic mass is 10.1. The first-order valence-corrected chi connectivity index (χ1v) is 11.6. The molecule has 0 saturated carbocycles. The Morgan fingerprint density at radius 1 is 0.971 bits per heavy atom. The molecular weight excluding hydrogens is 524 g/mol. The van der Waals surface area contributed by atoms with Crippen molar-refractivity contribution >= 4 is 75.2 Å². The summed E-state index contributed by atoms with van der Waals surface area (Å²) >= 11 is 18.7. The number of phenolic OH excluding ortho intramolecular Hbond substituents is 1. The smallest absolute Gasteiger partial charge is 0.293 e. The van der Waals surface area contributed by atoms with Crippen LogP contribution in [-0.2, 0) is 11.3 Å². The van der Waals surface area contributed by atoms with E-state index in [1.807, 2.05) is 0 Å². The maximum absolute atomic E-state index is 13.3. The number of azo groups is 1. The van der Waals surface area contributed by atoms with E-state index in [1.54, 1.807) is 12.1 Å². The number of rotatable bonds is 5. The molecule has 1 aliphatic rings. The van der Waals surface area contributed by atoms with Gasteiger partial charge in [-0.25, -0.2) is 4.39 Å². The first-order chi connectivity index (χ1) is 16.2. The van der Waals surface area contributed by atoms with Gasteiger partial charge in [0.25, 0.3) is 11.1 Å². The Labute approximate surface area is 212 Å². The number of carbonyl (C=O) groups is 2. The van der Waals surface area contributed by atoms with E-state index >= 15 is 0 Å². The third-order valence-corrected chi connectivity index (χ3v) is 6.49. The van der Waals surface area contributed by atoms with Gasteiger partial charge in [0.2, 0.25) is 0 Å². The zero-order valence-electron chi connectivity index (χ0n) is 17.0. The fourth-order valence-corrected chi connectivity index (χ4v) is 4.49. The highest BCUT2D eigenvalue weighted by molar-refractivity contribution is 8.18. The van der Waals surface area contributed by atoms with Crippen LogP contribution in [0.1, 0.15) is 11.1 Å². The molecule has 2 amide bonds. The Morgan fingerprint density at radius 2 is 1.76 bits per heavy atom. The van der Waals surface area contributed by atoms with Gasteiger partial charge in [-0.3, -0.25) is 14.5 Å². The van der Waals surface area contributed by atoms with Crippen molar-refractivity contribution in [2.24, 2.45) is 10.2 Å². The minimum absolute atomic E-state index is 0.105. The van der Waals surface area contributed by atoms with Gasteiger partial charge in [-0.1, -0.05) is 40.9 Å². The highest BCUT2D eigenvalue weighted by atomic mass is 35.5. The molecule has 0 bridgehead atoms. The van der Waals surface area contributed by atoms with Crippen LogP contribution >= 0.6 is 46.6 Å². The van der Waals surface area contributed by atoms with Crippen LogP contribution in [0.3, 0.4) is 0 Å². The van der Waals surface area contributed by atoms with Crippen LogP contribution < -0.4 is 0 Å². The lowest BCUT2D eigenvalue weighted by molar-refractivity contribution is -0.123. The predicted molar refractivity (Wildman–Crippen MR) is 132 cm³/mol. The molecule has 172 valence electrons. The van der Waals surface area contributed by atoms with E-state index in [9.17, 15) is 19.1 Å². The van der Waals surface area contributed by atoms with Crippen LogP contribution in [0.25, 0.3) is 6.08 Å². The summed E-state index contributed by atoms with van der Waals surface area (Å²) in [5, 5.41) is 18.8. The highest BCUT2D eigenvalue weighted by Gasteiger charge is 2.35. The van der Waals surface area contributed by atoms with Gasteiger partial charge in [-0.05, 0) is 71.9 Å². The standard InChI is InChI=1S/C23H13Cl3FN3O3S/c24-14-2-5-19(18(26)9-14)29-28-16-4-6-20(31)13(7-16)8-21-22(32)30(23(33)34-21)11-12-1-3-15(27)10-17(12)25/h1-10,31H,11H2/b21-8-,29-28?. The molecule has 0 aliphatic carbocycles. The van der Waals surface area contributed by atoms with Gasteiger partial charge in [-0.15, -0.1) is 5.11 Å². The third-order valence-electron chi connectivity index (χ3n) is 4.70. The lowest BCUT2D eigenvalue weighted by Crippen LogP contribution is -2.27. The van der Waals surface area contributed by atoms with Gasteiger partial charge in [0.1, 0.15) is 17.3 Å². The van der Waals surface area contributed by atoms with E-state index in [1.165, 1.54) is 42.5 Å². The number of carbonyl (C=O) groups excluding carboxylic acids is 2. The summed E-state index contributed by atoms with van der Waals surface area (Å²) in [7, 11) is 0. The molecule has 0 radical (unpaired) electrons. The quantitative estimate of drug-likeness (QED) is 0.263. The van der Waals surface area contributed by atoms with E-state index in [0.29, 0.717) is 27.0 Å². The number of hydrogen-bond acceptors (Lipinski definition) is 6. The minimum Gasteiger partial charge on any atom is -0.507 e. The third kappa shape index (κ3) is 5.42. The molecule has 0 atom stereocenters. The Morgan fingerprint density at radius 3 is 2.50 bits per heavy atom. The topological polar surface area (TPSA) is 82.3 Å². The Balaban J connectivity index is 1.57. The summed E-state index contributed by atoms with van der Waals surface area (Å²) in [4.78, 5) is 26.4. The maximum Gasteiger partial charge on any atom is 0.293 e. The van der Waals surface area contributed by atoms with Crippen molar-refractivity contribution in [3.8, 4) is 5.75 Å². The van der Waals surface area contributed by atoms with Crippen LogP contribution in [-0.4, -0.2) is 21.2 Å². The average Bonchev–Trinajstić information content (AvgIpc) is 3.04. The second kappa shape index (κ2) is 10.1. The van der Waals surface area contributed by atoms with Crippen molar-refractivity contribution in [2.45, 2.75) is 6.54 Å². The molecule has 4 rings (SSSR count). The molecule has 1 heterocycles. The van der Waals surface area contributed by atoms with Crippen LogP contribution in [0.5, 0.6) is 5.75 Å². The lowest BCUT2D eigenvalue weighted by Gasteiger charge is -2.13. The zero-order valence-corrected chi connectivity index (χ0v) is 20.1. The molecular formula is C23H13Cl3FN3O3S. The molecule has 0 unspecified atom stereocenters. The van der Waals surface area contributed by atoms with Crippen molar-refractivity contribution in [1.82, 2.24) is 4.90 Å². The Bertz CT molecular complexity index is 1380. The summed E-state index contributed by atoms with van der Waals surface area (Å²) in [5.74, 6) is -1.19. The number of halogens is 4. The number of amides is 2. The molecule has 1 N–H and O–H groups in total. The fourth-order valence-electron chi connectivity index (χ4n) is 2.99. The normalized spacial score (nSPS) is 15.2. The number of nitrogens with zero attached hydrogens (tertiary/aromatic N) is 3. The molecule has 1 fully saturated rings. The summed E-state index contributed by atoms with van der Waals surface area (Å²) < 4.78 is 13.3. The fraction of sp³-hybridized carbons (Fsp3) is 0.0435. The first-order valence-electron chi connectivity index (χ1n) is 9.60. The molecule has 6 nitrogen and oxygen atoms in total. The summed E-state index contributed by atoms with van der Waals surface area (Å²) in [6.45, 7) is -0.108. The van der Waals surface area contributed by atoms with Crippen molar-refractivity contribution in [2.75, 3.05) is 0 Å². The van der Waals surface area contributed by atoms with Crippen LogP contribution in [0.4, 0.5) is 20.6 Å². The molecule has 34 heavy (non-hydrogen) atoms. The average molecular weight is 537 g/mol. The highest BCUT2D eigenvalue weighted by Crippen LogP contribution is 2.37. The predicted octanol–water partition coefficient (Wildman–Crippen LogP) is 8.14. The van der Waals surface area contributed by atoms with Crippen molar-refractivity contribution in [3.63, 3.8) is 0 Å². The van der Waals surface area contributed by atoms with Gasteiger partial charge in [0, 0.05) is 15.6 Å². The van der Waals surface area contributed by atoms with E-state index in [4.69, 9.17) is 34.8 Å². The van der Waals surface area contributed by atoms with Crippen molar-refractivity contribution in [3.05, 3.63) is 91.5 Å². The SMILES string of the molecule is O=C1S/C(=C\c2cc(N=Nc3ccc(Cl)cc3Cl)ccc2O)C(=O)N1Cc1ccc(F)cc1Cl.